The summed E-state index contributed by atoms with van der Waals surface area (Å²) in [4.78, 5) is 35.9. The molecule has 0 aliphatic carbocycles. The Balaban J connectivity index is 2.58. The molecule has 7 nitrogen and oxygen atoms in total. The molecule has 0 aliphatic heterocycles. The van der Waals surface area contributed by atoms with E-state index in [0.717, 1.165) is 0 Å². The maximum Gasteiger partial charge on any atom is 0.320 e. The molecule has 0 aromatic heterocycles. The predicted octanol–water partition coefficient (Wildman–Crippen LogP) is 0.219. The fourth-order valence-corrected chi connectivity index (χ4v) is 1.72. The molecule has 1 rings (SSSR count). The van der Waals surface area contributed by atoms with Crippen molar-refractivity contribution in [2.24, 2.45) is 5.73 Å². The number of carbonyl (C=O) groups excluding carboxylic acids is 3. The van der Waals surface area contributed by atoms with Crippen molar-refractivity contribution in [2.75, 3.05) is 32.1 Å². The van der Waals surface area contributed by atoms with Crippen molar-refractivity contribution < 1.29 is 19.1 Å². The van der Waals surface area contributed by atoms with Gasteiger partial charge in [0.15, 0.2) is 0 Å². The first-order chi connectivity index (χ1) is 9.93. The zero-order valence-corrected chi connectivity index (χ0v) is 12.1. The Hall–Kier alpha value is -2.41. The molecule has 0 heterocycles. The third-order valence-electron chi connectivity index (χ3n) is 2.58. The lowest BCUT2D eigenvalue weighted by Crippen LogP contribution is -2.35. The summed E-state index contributed by atoms with van der Waals surface area (Å²) in [6.45, 7) is 2.01. The number of amides is 2. The molecule has 0 aliphatic rings. The highest BCUT2D eigenvalue weighted by Crippen LogP contribution is 2.13. The number of anilines is 1. The van der Waals surface area contributed by atoms with Crippen LogP contribution in [0.1, 0.15) is 17.3 Å². The Labute approximate surface area is 123 Å². The molecule has 0 saturated carbocycles. The molecule has 0 saturated heterocycles. The molecule has 3 N–H and O–H groups in total. The van der Waals surface area contributed by atoms with Crippen LogP contribution in [0.5, 0.6) is 0 Å². The van der Waals surface area contributed by atoms with E-state index in [1.54, 1.807) is 32.2 Å². The topological polar surface area (TPSA) is 102 Å². The molecule has 0 unspecified atom stereocenters. The van der Waals surface area contributed by atoms with Gasteiger partial charge in [0.1, 0.15) is 0 Å². The van der Waals surface area contributed by atoms with Crippen molar-refractivity contribution in [3.05, 3.63) is 29.8 Å². The quantitative estimate of drug-likeness (QED) is 0.700. The summed E-state index contributed by atoms with van der Waals surface area (Å²) >= 11 is 0. The number of carbonyl (C=O) groups is 3. The number of hydrogen-bond acceptors (Lipinski definition) is 5. The van der Waals surface area contributed by atoms with Gasteiger partial charge in [-0.3, -0.25) is 19.3 Å². The van der Waals surface area contributed by atoms with Gasteiger partial charge in [0, 0.05) is 0 Å². The number of ether oxygens (including phenoxy) is 1. The van der Waals surface area contributed by atoms with Crippen LogP contribution in [-0.2, 0) is 14.3 Å². The van der Waals surface area contributed by atoms with E-state index in [1.807, 2.05) is 0 Å². The molecule has 114 valence electrons. The minimum atomic E-state index is -0.620. The standard InChI is InChI=1S/C14H19N3O4/c1-3-21-13(19)9-17(2)8-12(18)16-11-7-5-4-6-10(11)14(15)20/h4-7H,3,8-9H2,1-2H3,(H2,15,20)(H,16,18). The largest absolute Gasteiger partial charge is 0.465 e. The van der Waals surface area contributed by atoms with Crippen molar-refractivity contribution in [1.29, 1.82) is 0 Å². The normalized spacial score (nSPS) is 10.2. The van der Waals surface area contributed by atoms with Crippen molar-refractivity contribution >= 4 is 23.5 Å². The average Bonchev–Trinajstić information content (AvgIpc) is 2.38. The van der Waals surface area contributed by atoms with E-state index in [2.05, 4.69) is 5.32 Å². The fraction of sp³-hybridized carbons (Fsp3) is 0.357. The highest BCUT2D eigenvalue weighted by molar-refractivity contribution is 6.03. The molecular weight excluding hydrogens is 274 g/mol. The summed E-state index contributed by atoms with van der Waals surface area (Å²) < 4.78 is 4.79. The van der Waals surface area contributed by atoms with Gasteiger partial charge in [-0.15, -0.1) is 0 Å². The molecule has 21 heavy (non-hydrogen) atoms. The lowest BCUT2D eigenvalue weighted by Gasteiger charge is -2.15. The molecular formula is C14H19N3O4. The summed E-state index contributed by atoms with van der Waals surface area (Å²) in [5.41, 5.74) is 5.81. The second-order valence-corrected chi connectivity index (χ2v) is 4.44. The molecule has 0 spiro atoms. The van der Waals surface area contributed by atoms with Crippen molar-refractivity contribution in [3.63, 3.8) is 0 Å². The fourth-order valence-electron chi connectivity index (χ4n) is 1.72. The summed E-state index contributed by atoms with van der Waals surface area (Å²) in [7, 11) is 1.62. The Morgan fingerprint density at radius 3 is 2.52 bits per heavy atom. The molecule has 1 aromatic rings. The van der Waals surface area contributed by atoms with E-state index >= 15 is 0 Å². The van der Waals surface area contributed by atoms with Gasteiger partial charge in [0.05, 0.1) is 30.9 Å². The highest BCUT2D eigenvalue weighted by atomic mass is 16.5. The minimum Gasteiger partial charge on any atom is -0.465 e. The molecule has 2 amide bonds. The lowest BCUT2D eigenvalue weighted by atomic mass is 10.1. The summed E-state index contributed by atoms with van der Waals surface area (Å²) in [5, 5.41) is 2.59. The van der Waals surface area contributed by atoms with Crippen LogP contribution in [-0.4, -0.2) is 49.4 Å². The Morgan fingerprint density at radius 1 is 1.24 bits per heavy atom. The third-order valence-corrected chi connectivity index (χ3v) is 2.58. The van der Waals surface area contributed by atoms with Crippen LogP contribution in [0.4, 0.5) is 5.69 Å². The van der Waals surface area contributed by atoms with Gasteiger partial charge in [-0.1, -0.05) is 12.1 Å². The van der Waals surface area contributed by atoms with Crippen LogP contribution in [0, 0.1) is 0 Å². The number of hydrogen-bond donors (Lipinski definition) is 2. The van der Waals surface area contributed by atoms with Crippen molar-refractivity contribution in [2.45, 2.75) is 6.92 Å². The number of likely N-dealkylation sites (N-methyl/N-ethyl adjacent to an activating group) is 1. The minimum absolute atomic E-state index is 0.00803. The van der Waals surface area contributed by atoms with E-state index in [-0.39, 0.29) is 24.6 Å². The number of nitrogens with one attached hydrogen (secondary N) is 1. The molecule has 7 heteroatoms. The van der Waals surface area contributed by atoms with E-state index in [1.165, 1.54) is 11.0 Å². The smallest absolute Gasteiger partial charge is 0.320 e. The predicted molar refractivity (Wildman–Crippen MR) is 77.7 cm³/mol. The van der Waals surface area contributed by atoms with E-state index < -0.39 is 11.9 Å². The Morgan fingerprint density at radius 2 is 1.90 bits per heavy atom. The number of nitrogens with two attached hydrogens (primary N) is 1. The molecule has 0 bridgehead atoms. The van der Waals surface area contributed by atoms with Gasteiger partial charge in [-0.2, -0.15) is 0 Å². The molecule has 1 aromatic carbocycles. The number of para-hydroxylation sites is 1. The lowest BCUT2D eigenvalue weighted by molar-refractivity contribution is -0.144. The number of rotatable bonds is 7. The summed E-state index contributed by atoms with van der Waals surface area (Å²) in [6.07, 6.45) is 0. The van der Waals surface area contributed by atoms with E-state index in [0.29, 0.717) is 12.3 Å². The highest BCUT2D eigenvalue weighted by Gasteiger charge is 2.14. The second-order valence-electron chi connectivity index (χ2n) is 4.44. The van der Waals surface area contributed by atoms with E-state index in [4.69, 9.17) is 10.5 Å². The van der Waals surface area contributed by atoms with Gasteiger partial charge >= 0.3 is 5.97 Å². The molecule has 0 fully saturated rings. The molecule has 0 atom stereocenters. The van der Waals surface area contributed by atoms with Gasteiger partial charge in [-0.05, 0) is 26.1 Å². The van der Waals surface area contributed by atoms with E-state index in [9.17, 15) is 14.4 Å². The van der Waals surface area contributed by atoms with Gasteiger partial charge in [-0.25, -0.2) is 0 Å². The first-order valence-electron chi connectivity index (χ1n) is 6.47. The van der Waals surface area contributed by atoms with Crippen LogP contribution in [0.2, 0.25) is 0 Å². The summed E-state index contributed by atoms with van der Waals surface area (Å²) in [6, 6.07) is 6.45. The number of primary amides is 1. The number of esters is 1. The number of nitrogens with zero attached hydrogens (tertiary/aromatic N) is 1. The van der Waals surface area contributed by atoms with Crippen molar-refractivity contribution in [1.82, 2.24) is 4.90 Å². The van der Waals surface area contributed by atoms with Crippen LogP contribution < -0.4 is 11.1 Å². The van der Waals surface area contributed by atoms with Crippen molar-refractivity contribution in [3.8, 4) is 0 Å². The zero-order chi connectivity index (χ0) is 15.8. The maximum absolute atomic E-state index is 11.9. The van der Waals surface area contributed by atoms with Crippen LogP contribution in [0.25, 0.3) is 0 Å². The van der Waals surface area contributed by atoms with Crippen LogP contribution >= 0.6 is 0 Å². The van der Waals surface area contributed by atoms with Gasteiger partial charge in [0.2, 0.25) is 5.91 Å². The third kappa shape index (κ3) is 5.62. The zero-order valence-electron chi connectivity index (χ0n) is 12.1. The van der Waals surface area contributed by atoms with Gasteiger partial charge in [0.25, 0.3) is 5.91 Å². The van der Waals surface area contributed by atoms with Crippen LogP contribution in [0.15, 0.2) is 24.3 Å². The van der Waals surface area contributed by atoms with Gasteiger partial charge < -0.3 is 15.8 Å². The monoisotopic (exact) mass is 293 g/mol. The first kappa shape index (κ1) is 16.6. The maximum atomic E-state index is 11.9. The molecule has 0 radical (unpaired) electrons. The Bertz CT molecular complexity index is 531. The second kappa shape index (κ2) is 8.01. The first-order valence-corrected chi connectivity index (χ1v) is 6.47. The SMILES string of the molecule is CCOC(=O)CN(C)CC(=O)Nc1ccccc1C(N)=O. The summed E-state index contributed by atoms with van der Waals surface area (Å²) in [5.74, 6) is -1.37. The average molecular weight is 293 g/mol. The van der Waals surface area contributed by atoms with Crippen LogP contribution in [0.3, 0.4) is 0 Å². The Kier molecular flexibility index (Phi) is 6.35. The number of benzene rings is 1.